The molecule has 2 aromatic heterocycles. The number of hydrogen-bond donors (Lipinski definition) is 0. The number of nitrogens with zero attached hydrogens (tertiary/aromatic N) is 3. The Bertz CT molecular complexity index is 504. The average molecular weight is 349 g/mol. The molecule has 0 aliphatic heterocycles. The van der Waals surface area contributed by atoms with Gasteiger partial charge in [-0.05, 0) is 44.0 Å². The Kier molecular flexibility index (Phi) is 3.33. The molecule has 0 aromatic carbocycles. The molecule has 0 saturated carbocycles. The molecule has 0 fully saturated rings. The van der Waals surface area contributed by atoms with E-state index in [9.17, 15) is 0 Å². The van der Waals surface area contributed by atoms with E-state index in [1.165, 1.54) is 0 Å². The maximum Gasteiger partial charge on any atom is 0.180 e. The second-order valence-electron chi connectivity index (χ2n) is 2.67. The second-order valence-corrected chi connectivity index (χ2v) is 4.73. The first kappa shape index (κ1) is 11.0. The molecule has 0 aliphatic rings. The highest BCUT2D eigenvalue weighted by molar-refractivity contribution is 9.10. The normalized spacial score (nSPS) is 10.3. The smallest absolute Gasteiger partial charge is 0.180 e. The van der Waals surface area contributed by atoms with Crippen LogP contribution in [0.2, 0.25) is 5.15 Å². The van der Waals surface area contributed by atoms with Crippen molar-refractivity contribution in [2.75, 3.05) is 0 Å². The fourth-order valence-electron chi connectivity index (χ4n) is 1.01. The molecule has 3 nitrogen and oxygen atoms in total. The van der Waals surface area contributed by atoms with Gasteiger partial charge in [-0.1, -0.05) is 11.6 Å². The third-order valence-electron chi connectivity index (χ3n) is 1.67. The molecule has 0 amide bonds. The summed E-state index contributed by atoms with van der Waals surface area (Å²) in [6.07, 6.45) is 3.28. The van der Waals surface area contributed by atoms with Crippen LogP contribution in [0.3, 0.4) is 0 Å². The molecular weight excluding hydrogens is 345 g/mol. The van der Waals surface area contributed by atoms with E-state index < -0.39 is 0 Å². The van der Waals surface area contributed by atoms with Crippen molar-refractivity contribution in [1.29, 1.82) is 0 Å². The van der Waals surface area contributed by atoms with E-state index >= 15 is 0 Å². The SMILES string of the molecule is Clc1nc(-c2ncccc2Br)ncc1Br. The lowest BCUT2D eigenvalue weighted by Crippen LogP contribution is -1.93. The lowest BCUT2D eigenvalue weighted by Gasteiger charge is -2.02. The van der Waals surface area contributed by atoms with Crippen molar-refractivity contribution in [3.63, 3.8) is 0 Å². The van der Waals surface area contributed by atoms with E-state index in [1.807, 2.05) is 12.1 Å². The van der Waals surface area contributed by atoms with E-state index in [0.717, 1.165) is 4.47 Å². The Balaban J connectivity index is 2.55. The summed E-state index contributed by atoms with van der Waals surface area (Å²) >= 11 is 12.5. The summed E-state index contributed by atoms with van der Waals surface area (Å²) in [5.74, 6) is 0.496. The van der Waals surface area contributed by atoms with Gasteiger partial charge in [0.25, 0.3) is 0 Å². The van der Waals surface area contributed by atoms with Crippen LogP contribution in [0.25, 0.3) is 11.5 Å². The van der Waals surface area contributed by atoms with Crippen molar-refractivity contribution >= 4 is 43.5 Å². The van der Waals surface area contributed by atoms with Gasteiger partial charge in [0.05, 0.1) is 4.47 Å². The first-order chi connectivity index (χ1) is 7.18. The maximum absolute atomic E-state index is 5.87. The van der Waals surface area contributed by atoms with Gasteiger partial charge in [0.1, 0.15) is 10.8 Å². The van der Waals surface area contributed by atoms with Crippen LogP contribution in [-0.2, 0) is 0 Å². The molecule has 0 N–H and O–H groups in total. The summed E-state index contributed by atoms with van der Waals surface area (Å²) in [6, 6.07) is 3.70. The molecule has 76 valence electrons. The highest BCUT2D eigenvalue weighted by Crippen LogP contribution is 2.26. The summed E-state index contributed by atoms with van der Waals surface area (Å²) in [5.41, 5.74) is 0.673. The first-order valence-corrected chi connectivity index (χ1v) is 5.94. The van der Waals surface area contributed by atoms with Crippen LogP contribution in [0.15, 0.2) is 33.5 Å². The molecule has 0 unspecified atom stereocenters. The summed E-state index contributed by atoms with van der Waals surface area (Å²) in [4.78, 5) is 12.4. The van der Waals surface area contributed by atoms with Crippen molar-refractivity contribution in [3.05, 3.63) is 38.6 Å². The molecule has 0 aliphatic carbocycles. The van der Waals surface area contributed by atoms with Gasteiger partial charge in [-0.3, -0.25) is 4.98 Å². The molecule has 0 atom stereocenters. The minimum Gasteiger partial charge on any atom is -0.252 e. The minimum atomic E-state index is 0.373. The minimum absolute atomic E-state index is 0.373. The predicted octanol–water partition coefficient (Wildman–Crippen LogP) is 3.72. The van der Waals surface area contributed by atoms with Gasteiger partial charge in [-0.25, -0.2) is 9.97 Å². The van der Waals surface area contributed by atoms with E-state index in [2.05, 4.69) is 46.8 Å². The van der Waals surface area contributed by atoms with Crippen molar-refractivity contribution in [3.8, 4) is 11.5 Å². The van der Waals surface area contributed by atoms with E-state index in [1.54, 1.807) is 12.4 Å². The molecule has 15 heavy (non-hydrogen) atoms. The monoisotopic (exact) mass is 347 g/mol. The third kappa shape index (κ3) is 2.35. The third-order valence-corrected chi connectivity index (χ3v) is 3.41. The van der Waals surface area contributed by atoms with Crippen molar-refractivity contribution in [2.45, 2.75) is 0 Å². The zero-order valence-electron chi connectivity index (χ0n) is 7.28. The number of aromatic nitrogens is 3. The molecule has 0 saturated heterocycles. The Morgan fingerprint density at radius 2 is 1.93 bits per heavy atom. The van der Waals surface area contributed by atoms with Crippen LogP contribution >= 0.6 is 43.5 Å². The number of halogens is 3. The molecule has 2 aromatic rings. The molecule has 2 rings (SSSR count). The topological polar surface area (TPSA) is 38.7 Å². The van der Waals surface area contributed by atoms with Crippen molar-refractivity contribution < 1.29 is 0 Å². The molecule has 0 radical (unpaired) electrons. The van der Waals surface area contributed by atoms with Gasteiger partial charge in [0, 0.05) is 16.9 Å². The fraction of sp³-hybridized carbons (Fsp3) is 0. The van der Waals surface area contributed by atoms with Crippen LogP contribution in [-0.4, -0.2) is 15.0 Å². The van der Waals surface area contributed by atoms with Gasteiger partial charge in [-0.15, -0.1) is 0 Å². The van der Waals surface area contributed by atoms with E-state index in [4.69, 9.17) is 11.6 Å². The summed E-state index contributed by atoms with van der Waals surface area (Å²) in [7, 11) is 0. The second kappa shape index (κ2) is 4.55. The summed E-state index contributed by atoms with van der Waals surface area (Å²) < 4.78 is 1.50. The Morgan fingerprint density at radius 1 is 1.13 bits per heavy atom. The summed E-state index contributed by atoms with van der Waals surface area (Å²) in [5, 5.41) is 0.373. The van der Waals surface area contributed by atoms with Crippen LogP contribution in [0.1, 0.15) is 0 Å². The number of pyridine rings is 1. The summed E-state index contributed by atoms with van der Waals surface area (Å²) in [6.45, 7) is 0. The van der Waals surface area contributed by atoms with E-state index in [0.29, 0.717) is 21.1 Å². The fourth-order valence-corrected chi connectivity index (χ4v) is 1.76. The largest absolute Gasteiger partial charge is 0.252 e. The molecule has 6 heteroatoms. The van der Waals surface area contributed by atoms with Crippen LogP contribution < -0.4 is 0 Å². The zero-order valence-corrected chi connectivity index (χ0v) is 11.2. The molecule has 2 heterocycles. The zero-order chi connectivity index (χ0) is 10.8. The van der Waals surface area contributed by atoms with Crippen molar-refractivity contribution in [1.82, 2.24) is 15.0 Å². The van der Waals surface area contributed by atoms with Crippen LogP contribution in [0.5, 0.6) is 0 Å². The number of hydrogen-bond acceptors (Lipinski definition) is 3. The highest BCUT2D eigenvalue weighted by Gasteiger charge is 2.09. The van der Waals surface area contributed by atoms with Crippen LogP contribution in [0, 0.1) is 0 Å². The highest BCUT2D eigenvalue weighted by atomic mass is 79.9. The van der Waals surface area contributed by atoms with Gasteiger partial charge >= 0.3 is 0 Å². The van der Waals surface area contributed by atoms with Gasteiger partial charge < -0.3 is 0 Å². The standard InChI is InChI=1S/C9H4Br2ClN3/c10-5-2-1-3-13-7(5)9-14-4-6(11)8(12)15-9/h1-4H. The predicted molar refractivity (Wildman–Crippen MR) is 65.7 cm³/mol. The molecular formula is C9H4Br2ClN3. The molecule has 0 bridgehead atoms. The Hall–Kier alpha value is -0.520. The average Bonchev–Trinajstić information content (AvgIpc) is 2.23. The van der Waals surface area contributed by atoms with E-state index in [-0.39, 0.29) is 0 Å². The lowest BCUT2D eigenvalue weighted by atomic mass is 10.3. The molecule has 0 spiro atoms. The van der Waals surface area contributed by atoms with Crippen LogP contribution in [0.4, 0.5) is 0 Å². The van der Waals surface area contributed by atoms with Gasteiger partial charge in [0.15, 0.2) is 5.82 Å². The lowest BCUT2D eigenvalue weighted by molar-refractivity contribution is 1.12. The Morgan fingerprint density at radius 3 is 2.60 bits per heavy atom. The van der Waals surface area contributed by atoms with Crippen molar-refractivity contribution in [2.24, 2.45) is 0 Å². The van der Waals surface area contributed by atoms with Gasteiger partial charge in [-0.2, -0.15) is 0 Å². The first-order valence-electron chi connectivity index (χ1n) is 3.97. The maximum atomic E-state index is 5.87. The quantitative estimate of drug-likeness (QED) is 0.737. The van der Waals surface area contributed by atoms with Gasteiger partial charge in [0.2, 0.25) is 0 Å². The number of rotatable bonds is 1. The Labute approximate surface area is 108 Å².